The van der Waals surface area contributed by atoms with Gasteiger partial charge in [0.1, 0.15) is 11.3 Å². The molecule has 0 atom stereocenters. The zero-order chi connectivity index (χ0) is 12.3. The van der Waals surface area contributed by atoms with E-state index < -0.39 is 5.97 Å². The fraction of sp³-hybridized carbons (Fsp3) is 0.385. The van der Waals surface area contributed by atoms with Gasteiger partial charge in [-0.25, -0.2) is 4.79 Å². The van der Waals surface area contributed by atoms with Crippen LogP contribution in [0.15, 0.2) is 18.2 Å². The second-order valence-corrected chi connectivity index (χ2v) is 3.99. The minimum Gasteiger partial charge on any atom is -0.490 e. The number of hydrogen-bond acceptors (Lipinski definition) is 4. The molecule has 1 fully saturated rings. The SMILES string of the molecule is COC(=O)c1cc(C#N)ccc1OC1CCC1. The third-order valence-electron chi connectivity index (χ3n) is 2.86. The van der Waals surface area contributed by atoms with Crippen molar-refractivity contribution in [3.63, 3.8) is 0 Å². The number of nitriles is 1. The maximum absolute atomic E-state index is 11.6. The predicted molar refractivity (Wildman–Crippen MR) is 60.8 cm³/mol. The van der Waals surface area contributed by atoms with Crippen molar-refractivity contribution < 1.29 is 14.3 Å². The highest BCUT2D eigenvalue weighted by Crippen LogP contribution is 2.28. The zero-order valence-corrected chi connectivity index (χ0v) is 9.60. The molecule has 1 aromatic carbocycles. The summed E-state index contributed by atoms with van der Waals surface area (Å²) in [4.78, 5) is 11.6. The van der Waals surface area contributed by atoms with Crippen LogP contribution in [0.2, 0.25) is 0 Å². The summed E-state index contributed by atoms with van der Waals surface area (Å²) in [5.41, 5.74) is 0.741. The standard InChI is InChI=1S/C13H13NO3/c1-16-13(15)11-7-9(8-14)5-6-12(11)17-10-3-2-4-10/h5-7,10H,2-4H2,1H3. The Morgan fingerprint density at radius 3 is 2.76 bits per heavy atom. The number of rotatable bonds is 3. The second-order valence-electron chi connectivity index (χ2n) is 3.99. The minimum atomic E-state index is -0.476. The monoisotopic (exact) mass is 231 g/mol. The van der Waals surface area contributed by atoms with Crippen molar-refractivity contribution in [2.45, 2.75) is 25.4 Å². The van der Waals surface area contributed by atoms with Crippen LogP contribution in [0, 0.1) is 11.3 Å². The van der Waals surface area contributed by atoms with Gasteiger partial charge in [0.05, 0.1) is 24.8 Å². The third-order valence-corrected chi connectivity index (χ3v) is 2.86. The lowest BCUT2D eigenvalue weighted by atomic mass is 9.96. The van der Waals surface area contributed by atoms with Crippen LogP contribution in [0.3, 0.4) is 0 Å². The number of methoxy groups -OCH3 is 1. The molecule has 0 bridgehead atoms. The van der Waals surface area contributed by atoms with E-state index in [4.69, 9.17) is 10.00 Å². The molecule has 0 aromatic heterocycles. The Kier molecular flexibility index (Phi) is 3.29. The van der Waals surface area contributed by atoms with Crippen molar-refractivity contribution in [3.05, 3.63) is 29.3 Å². The van der Waals surface area contributed by atoms with Gasteiger partial charge in [0.2, 0.25) is 0 Å². The molecule has 17 heavy (non-hydrogen) atoms. The Morgan fingerprint density at radius 2 is 2.24 bits per heavy atom. The molecule has 0 aliphatic heterocycles. The van der Waals surface area contributed by atoms with Gasteiger partial charge in [0.15, 0.2) is 0 Å². The lowest BCUT2D eigenvalue weighted by Crippen LogP contribution is -2.25. The first kappa shape index (κ1) is 11.5. The lowest BCUT2D eigenvalue weighted by molar-refractivity contribution is 0.0585. The summed E-state index contributed by atoms with van der Waals surface area (Å²) in [5.74, 6) is 0.0250. The Bertz CT molecular complexity index is 472. The van der Waals surface area contributed by atoms with Crippen LogP contribution in [0.25, 0.3) is 0 Å². The predicted octanol–water partition coefficient (Wildman–Crippen LogP) is 2.28. The molecule has 2 rings (SSSR count). The van der Waals surface area contributed by atoms with E-state index in [-0.39, 0.29) is 6.10 Å². The van der Waals surface area contributed by atoms with Crippen molar-refractivity contribution >= 4 is 5.97 Å². The fourth-order valence-corrected chi connectivity index (χ4v) is 1.64. The summed E-state index contributed by atoms with van der Waals surface area (Å²) >= 11 is 0. The topological polar surface area (TPSA) is 59.3 Å². The van der Waals surface area contributed by atoms with Gasteiger partial charge in [-0.1, -0.05) is 0 Å². The summed E-state index contributed by atoms with van der Waals surface area (Å²) in [6.45, 7) is 0. The molecule has 0 saturated heterocycles. The van der Waals surface area contributed by atoms with Gasteiger partial charge in [-0.2, -0.15) is 5.26 Å². The molecule has 0 amide bonds. The smallest absolute Gasteiger partial charge is 0.341 e. The average molecular weight is 231 g/mol. The quantitative estimate of drug-likeness (QED) is 0.749. The maximum atomic E-state index is 11.6. The number of carbonyl (C=O) groups excluding carboxylic acids is 1. The van der Waals surface area contributed by atoms with E-state index in [2.05, 4.69) is 4.74 Å². The normalized spacial score (nSPS) is 14.6. The summed E-state index contributed by atoms with van der Waals surface area (Å²) < 4.78 is 10.4. The number of hydrogen-bond donors (Lipinski definition) is 0. The van der Waals surface area contributed by atoms with Crippen molar-refractivity contribution in [2.75, 3.05) is 7.11 Å². The van der Waals surface area contributed by atoms with Crippen LogP contribution >= 0.6 is 0 Å². The molecule has 0 unspecified atom stereocenters. The van der Waals surface area contributed by atoms with Gasteiger partial charge in [0, 0.05) is 0 Å². The molecule has 4 nitrogen and oxygen atoms in total. The van der Waals surface area contributed by atoms with E-state index in [9.17, 15) is 4.79 Å². The van der Waals surface area contributed by atoms with E-state index in [0.29, 0.717) is 16.9 Å². The molecule has 1 aliphatic rings. The Morgan fingerprint density at radius 1 is 1.47 bits per heavy atom. The fourth-order valence-electron chi connectivity index (χ4n) is 1.64. The Labute approximate surface area is 99.8 Å². The van der Waals surface area contributed by atoms with Crippen molar-refractivity contribution in [2.24, 2.45) is 0 Å². The van der Waals surface area contributed by atoms with Crippen LogP contribution in [0.1, 0.15) is 35.2 Å². The molecule has 0 N–H and O–H groups in total. The molecule has 1 aliphatic carbocycles. The Hall–Kier alpha value is -2.02. The molecule has 0 spiro atoms. The van der Waals surface area contributed by atoms with Crippen LogP contribution in [-0.4, -0.2) is 19.2 Å². The van der Waals surface area contributed by atoms with E-state index in [1.807, 2.05) is 6.07 Å². The largest absolute Gasteiger partial charge is 0.490 e. The highest BCUT2D eigenvalue weighted by Gasteiger charge is 2.22. The third kappa shape index (κ3) is 2.39. The van der Waals surface area contributed by atoms with Gasteiger partial charge in [-0.15, -0.1) is 0 Å². The Balaban J connectivity index is 2.29. The first-order valence-corrected chi connectivity index (χ1v) is 5.53. The number of esters is 1. The molecule has 0 heterocycles. The van der Waals surface area contributed by atoms with E-state index >= 15 is 0 Å². The molecular formula is C13H13NO3. The lowest BCUT2D eigenvalue weighted by Gasteiger charge is -2.27. The molecular weight excluding hydrogens is 218 g/mol. The second kappa shape index (κ2) is 4.88. The average Bonchev–Trinajstić information content (AvgIpc) is 2.32. The van der Waals surface area contributed by atoms with Gasteiger partial charge in [0.25, 0.3) is 0 Å². The number of benzene rings is 1. The minimum absolute atomic E-state index is 0.186. The highest BCUT2D eigenvalue weighted by atomic mass is 16.5. The molecule has 1 saturated carbocycles. The van der Waals surface area contributed by atoms with Crippen LogP contribution in [-0.2, 0) is 4.74 Å². The van der Waals surface area contributed by atoms with Crippen molar-refractivity contribution in [1.29, 1.82) is 5.26 Å². The van der Waals surface area contributed by atoms with Gasteiger partial charge < -0.3 is 9.47 Å². The van der Waals surface area contributed by atoms with E-state index in [0.717, 1.165) is 19.3 Å². The van der Waals surface area contributed by atoms with Crippen LogP contribution in [0.4, 0.5) is 0 Å². The van der Waals surface area contributed by atoms with Crippen LogP contribution < -0.4 is 4.74 Å². The summed E-state index contributed by atoms with van der Waals surface area (Å²) in [6.07, 6.45) is 3.38. The number of nitrogens with zero attached hydrogens (tertiary/aromatic N) is 1. The molecule has 1 aromatic rings. The molecule has 0 radical (unpaired) electrons. The maximum Gasteiger partial charge on any atom is 0.341 e. The van der Waals surface area contributed by atoms with Crippen molar-refractivity contribution in [3.8, 4) is 11.8 Å². The van der Waals surface area contributed by atoms with E-state index in [1.165, 1.54) is 13.2 Å². The number of ether oxygens (including phenoxy) is 2. The first-order chi connectivity index (χ1) is 8.24. The zero-order valence-electron chi connectivity index (χ0n) is 9.60. The first-order valence-electron chi connectivity index (χ1n) is 5.53. The molecule has 88 valence electrons. The van der Waals surface area contributed by atoms with Crippen LogP contribution in [0.5, 0.6) is 5.75 Å². The highest BCUT2D eigenvalue weighted by molar-refractivity contribution is 5.92. The van der Waals surface area contributed by atoms with Gasteiger partial charge >= 0.3 is 5.97 Å². The number of carbonyl (C=O) groups is 1. The summed E-state index contributed by atoms with van der Waals surface area (Å²) in [7, 11) is 1.31. The molecule has 4 heteroatoms. The summed E-state index contributed by atoms with van der Waals surface area (Å²) in [6, 6.07) is 6.79. The van der Waals surface area contributed by atoms with Gasteiger partial charge in [-0.3, -0.25) is 0 Å². The van der Waals surface area contributed by atoms with Crippen molar-refractivity contribution in [1.82, 2.24) is 0 Å². The summed E-state index contributed by atoms with van der Waals surface area (Å²) in [5, 5.41) is 8.80. The van der Waals surface area contributed by atoms with E-state index in [1.54, 1.807) is 12.1 Å². The van der Waals surface area contributed by atoms with Gasteiger partial charge in [-0.05, 0) is 37.5 Å².